The number of unbranched alkanes of at least 4 members (excludes halogenated alkanes) is 20. The van der Waals surface area contributed by atoms with Crippen LogP contribution in [0.1, 0.15) is 295 Å². The maximum Gasteiger partial charge on any atom is 0.335 e. The van der Waals surface area contributed by atoms with Gasteiger partial charge < -0.3 is 54.3 Å². The Morgan fingerprint density at radius 2 is 0.453 bits per heavy atom. The molecule has 0 fully saturated rings. The number of carbonyl (C=O) groups is 6. The lowest BCUT2D eigenvalue weighted by molar-refractivity contribution is 0.0685. The third-order valence-corrected chi connectivity index (χ3v) is 23.4. The maximum atomic E-state index is 14.1. The van der Waals surface area contributed by atoms with Gasteiger partial charge in [0.25, 0.3) is 0 Å². The molecule has 0 bridgehead atoms. The van der Waals surface area contributed by atoms with E-state index in [4.69, 9.17) is 54.3 Å². The molecule has 12 aromatic carbocycles. The van der Waals surface area contributed by atoms with Crippen LogP contribution in [0.25, 0.3) is 66.8 Å². The highest BCUT2D eigenvalue weighted by Gasteiger charge is 2.14. The lowest BCUT2D eigenvalue weighted by Gasteiger charge is -2.08. The Morgan fingerprint density at radius 3 is 0.719 bits per heavy atom. The number of aromatic carboxylic acids is 6. The summed E-state index contributed by atoms with van der Waals surface area (Å²) in [5.41, 5.74) is 15.7. The number of ether oxygens (including phenoxy) is 5. The molecule has 0 amide bonds. The van der Waals surface area contributed by atoms with E-state index in [1.807, 2.05) is 170 Å². The van der Waals surface area contributed by atoms with Crippen molar-refractivity contribution >= 4 is 35.8 Å². The molecular weight excluding hydrogens is 1740 g/mol. The van der Waals surface area contributed by atoms with Crippen LogP contribution in [0.3, 0.4) is 0 Å². The van der Waals surface area contributed by atoms with E-state index in [1.165, 1.54) is 165 Å². The number of aryl methyl sites for hydroxylation is 2. The first-order valence-corrected chi connectivity index (χ1v) is 49.9. The van der Waals surface area contributed by atoms with Crippen LogP contribution in [-0.4, -0.2) is 106 Å². The van der Waals surface area contributed by atoms with Crippen molar-refractivity contribution in [1.29, 1.82) is 0 Å². The molecule has 0 saturated carbocycles. The molecule has 17 nitrogen and oxygen atoms in total. The first-order chi connectivity index (χ1) is 67.5. The van der Waals surface area contributed by atoms with Crippen LogP contribution < -0.4 is 18.9 Å². The molecule has 0 aliphatic rings. The zero-order chi connectivity index (χ0) is 100.0. The summed E-state index contributed by atoms with van der Waals surface area (Å²) >= 11 is 0. The average Bonchev–Trinajstić information content (AvgIpc) is 0.828. The molecule has 0 aliphatic carbocycles. The zero-order valence-electron chi connectivity index (χ0n) is 82.5. The van der Waals surface area contributed by atoms with Crippen molar-refractivity contribution in [2.24, 2.45) is 5.92 Å². The highest BCUT2D eigenvalue weighted by atomic mass is 19.1. The fraction of sp³-hybridized carbons (Fsp3) is 0.355. The van der Waals surface area contributed by atoms with Crippen molar-refractivity contribution in [3.8, 4) is 89.8 Å². The smallest absolute Gasteiger partial charge is 0.335 e. The van der Waals surface area contributed by atoms with Crippen LogP contribution in [0.5, 0.6) is 23.0 Å². The topological polar surface area (TPSA) is 270 Å². The summed E-state index contributed by atoms with van der Waals surface area (Å²) in [4.78, 5) is 65.2. The molecule has 0 heterocycles. The lowest BCUT2D eigenvalue weighted by atomic mass is 9.99. The predicted molar refractivity (Wildman–Crippen MR) is 561 cm³/mol. The summed E-state index contributed by atoms with van der Waals surface area (Å²) in [6, 6.07) is 86.6. The Morgan fingerprint density at radius 1 is 0.230 bits per heavy atom. The fourth-order valence-corrected chi connectivity index (χ4v) is 15.0. The fourth-order valence-electron chi connectivity index (χ4n) is 15.0. The van der Waals surface area contributed by atoms with E-state index in [1.54, 1.807) is 72.8 Å². The summed E-state index contributed by atoms with van der Waals surface area (Å²) < 4.78 is 42.4. The van der Waals surface area contributed by atoms with Gasteiger partial charge in [0.15, 0.2) is 0 Å². The standard InChI is InChI=1S/C23H30O3.C20H23FO2.2C20H24O3.C19H22O4.C19H22O2/c1-2-3-4-5-6-7-8-9-18-26-22-16-14-20(15-17-22)19-10-12-21(13-11-19)23(24)25;1-2-3-4-5-6-7-15-8-10-16(11-9-15)18-13-12-17(20(22)23)14-19(18)21;1-15(2)5-3-4-14-23-19-12-10-17(11-13-19)16-6-8-18(9-7-16)20(21)22;1-2-3-4-5-6-15-23-19-13-11-17(12-14-19)16-7-9-18(10-8-16)20(21)22;1-2-3-12-22-13-14-23-18-10-8-16(9-11-18)15-4-6-17(7-5-15)19(20)21;1-2-3-4-5-6-15-7-9-16(10-8-15)17-11-13-18(14-12-17)19(20)21/h10-17H,2-9,18H2,1H3,(H,24,25);8-14H,2-7H2,1H3,(H,22,23);6-13,15H,3-5,14H2,1-2H3,(H,21,22);7-14H,2-6,15H2,1H3,(H,21,22);4-11H,2-3,12-14H2,1H3,(H,20,21);7-14H,2-6H2,1H3,(H,20,21). The highest BCUT2D eigenvalue weighted by molar-refractivity contribution is 5.92. The number of carboxylic acid groups (broad SMARTS) is 6. The van der Waals surface area contributed by atoms with Gasteiger partial charge in [-0.25, -0.2) is 33.2 Å². The van der Waals surface area contributed by atoms with Gasteiger partial charge in [-0.05, 0) is 257 Å². The number of benzene rings is 12. The van der Waals surface area contributed by atoms with Gasteiger partial charge >= 0.3 is 35.8 Å². The molecular formula is C121H145FO17. The average molecular weight is 1890 g/mol. The van der Waals surface area contributed by atoms with Crippen molar-refractivity contribution in [2.45, 2.75) is 235 Å². The minimum atomic E-state index is -1.12. The number of halogens is 1. The van der Waals surface area contributed by atoms with Crippen LogP contribution in [0.2, 0.25) is 0 Å². The van der Waals surface area contributed by atoms with Crippen LogP contribution in [0.15, 0.2) is 285 Å². The van der Waals surface area contributed by atoms with Gasteiger partial charge in [0.1, 0.15) is 35.4 Å². The zero-order valence-corrected chi connectivity index (χ0v) is 82.5. The summed E-state index contributed by atoms with van der Waals surface area (Å²) in [5.74, 6) is -1.93. The Bertz CT molecular complexity index is 5340. The number of hydrogen-bond acceptors (Lipinski definition) is 11. The molecule has 0 aliphatic heterocycles. The van der Waals surface area contributed by atoms with E-state index in [-0.39, 0.29) is 11.1 Å². The molecule has 0 aromatic heterocycles. The van der Waals surface area contributed by atoms with Crippen molar-refractivity contribution < 1.29 is 87.5 Å². The molecule has 0 atom stereocenters. The van der Waals surface area contributed by atoms with Crippen molar-refractivity contribution in [1.82, 2.24) is 0 Å². The third-order valence-electron chi connectivity index (χ3n) is 23.4. The van der Waals surface area contributed by atoms with Crippen molar-refractivity contribution in [3.63, 3.8) is 0 Å². The summed E-state index contributed by atoms with van der Waals surface area (Å²) in [7, 11) is 0. The lowest BCUT2D eigenvalue weighted by Crippen LogP contribution is -2.07. The second-order valence-corrected chi connectivity index (χ2v) is 35.0. The van der Waals surface area contributed by atoms with Crippen LogP contribution >= 0.6 is 0 Å². The number of carboxylic acids is 6. The normalized spacial score (nSPS) is 10.6. The molecule has 18 heteroatoms. The Hall–Kier alpha value is -13.5. The number of hydrogen-bond donors (Lipinski definition) is 6. The largest absolute Gasteiger partial charge is 0.494 e. The third kappa shape index (κ3) is 44.3. The second-order valence-electron chi connectivity index (χ2n) is 35.0. The first kappa shape index (κ1) is 113. The summed E-state index contributed by atoms with van der Waals surface area (Å²) in [5, 5.41) is 53.5. The molecule has 12 rings (SSSR count). The molecule has 0 radical (unpaired) electrons. The number of rotatable bonds is 53. The Kier molecular flexibility index (Phi) is 53.5. The molecule has 139 heavy (non-hydrogen) atoms. The van der Waals surface area contributed by atoms with Gasteiger partial charge in [0, 0.05) is 12.2 Å². The van der Waals surface area contributed by atoms with Gasteiger partial charge in [0.05, 0.1) is 59.8 Å². The van der Waals surface area contributed by atoms with Gasteiger partial charge in [-0.1, -0.05) is 341 Å². The van der Waals surface area contributed by atoms with E-state index in [2.05, 4.69) is 72.7 Å². The minimum absolute atomic E-state index is 0.0325. The highest BCUT2D eigenvalue weighted by Crippen LogP contribution is 2.31. The van der Waals surface area contributed by atoms with Crippen LogP contribution in [0, 0.1) is 11.7 Å². The molecule has 0 spiro atoms. The van der Waals surface area contributed by atoms with Crippen molar-refractivity contribution in [3.05, 3.63) is 335 Å². The predicted octanol–water partition coefficient (Wildman–Crippen LogP) is 32.4. The van der Waals surface area contributed by atoms with Gasteiger partial charge in [0.2, 0.25) is 0 Å². The second kappa shape index (κ2) is 66.1. The van der Waals surface area contributed by atoms with E-state index in [0.717, 1.165) is 168 Å². The molecule has 738 valence electrons. The first-order valence-electron chi connectivity index (χ1n) is 49.9. The molecule has 0 unspecified atom stereocenters. The molecule has 0 saturated heterocycles. The monoisotopic (exact) mass is 1890 g/mol. The van der Waals surface area contributed by atoms with Gasteiger partial charge in [-0.15, -0.1) is 0 Å². The quantitative estimate of drug-likeness (QED) is 0.0193. The maximum absolute atomic E-state index is 14.1. The van der Waals surface area contributed by atoms with E-state index in [0.29, 0.717) is 41.0 Å². The van der Waals surface area contributed by atoms with Gasteiger partial charge in [-0.3, -0.25) is 0 Å². The molecule has 6 N–H and O–H groups in total. The van der Waals surface area contributed by atoms with Gasteiger partial charge in [-0.2, -0.15) is 0 Å². The Labute approximate surface area is 823 Å². The van der Waals surface area contributed by atoms with E-state index >= 15 is 0 Å². The van der Waals surface area contributed by atoms with Crippen molar-refractivity contribution in [2.75, 3.05) is 39.6 Å². The van der Waals surface area contributed by atoms with E-state index in [9.17, 15) is 33.2 Å². The Balaban J connectivity index is 0.000000227. The summed E-state index contributed by atoms with van der Waals surface area (Å²) in [6.07, 6.45) is 35.9. The minimum Gasteiger partial charge on any atom is -0.494 e. The molecule has 12 aromatic rings. The van der Waals surface area contributed by atoms with Crippen LogP contribution in [-0.2, 0) is 17.6 Å². The SMILES string of the molecule is CC(C)CCCCOc1ccc(-c2ccc(C(=O)O)cc2)cc1.CCCCCCCCCCOc1ccc(-c2ccc(C(=O)O)cc2)cc1.CCCCCCCOc1ccc(-c2ccc(C(=O)O)cc2)cc1.CCCCCCCc1ccc(-c2ccc(C(=O)O)cc2F)cc1.CCCCCCc1ccc(-c2ccc(C(=O)O)cc2)cc1.CCCCOCCOc1ccc(-c2ccc(C(=O)O)cc2)cc1. The van der Waals surface area contributed by atoms with E-state index < -0.39 is 41.6 Å². The van der Waals surface area contributed by atoms with Crippen LogP contribution in [0.4, 0.5) is 4.39 Å². The summed E-state index contributed by atoms with van der Waals surface area (Å²) in [6.45, 7) is 19.7.